The molecule has 1 aromatic rings. The van der Waals surface area contributed by atoms with Gasteiger partial charge in [0.1, 0.15) is 0 Å². The van der Waals surface area contributed by atoms with E-state index >= 15 is 0 Å². The number of methoxy groups -OCH3 is 1. The second-order valence-corrected chi connectivity index (χ2v) is 3.66. The number of aromatic nitrogens is 2. The van der Waals surface area contributed by atoms with Crippen LogP contribution in [0.25, 0.3) is 0 Å². The summed E-state index contributed by atoms with van der Waals surface area (Å²) in [4.78, 5) is 0. The molecular weight excluding hydrogens is 164 g/mol. The van der Waals surface area contributed by atoms with Crippen molar-refractivity contribution in [2.45, 2.75) is 33.3 Å². The third-order valence-corrected chi connectivity index (χ3v) is 2.32. The summed E-state index contributed by atoms with van der Waals surface area (Å²) in [5, 5.41) is 4.41. The van der Waals surface area contributed by atoms with Crippen molar-refractivity contribution < 1.29 is 4.74 Å². The number of aryl methyl sites for hydroxylation is 1. The maximum atomic E-state index is 5.11. The van der Waals surface area contributed by atoms with Crippen LogP contribution in [-0.4, -0.2) is 16.9 Å². The van der Waals surface area contributed by atoms with E-state index in [0.29, 0.717) is 12.5 Å². The minimum Gasteiger partial charge on any atom is -0.378 e. The Hall–Kier alpha value is -0.830. The fourth-order valence-corrected chi connectivity index (χ4v) is 1.69. The van der Waals surface area contributed by atoms with Crippen LogP contribution in [0.3, 0.4) is 0 Å². The smallest absolute Gasteiger partial charge is 0.0918 e. The summed E-state index contributed by atoms with van der Waals surface area (Å²) in [7, 11) is 3.68. The van der Waals surface area contributed by atoms with Gasteiger partial charge in [0.15, 0.2) is 0 Å². The molecule has 1 aromatic heterocycles. The van der Waals surface area contributed by atoms with Crippen molar-refractivity contribution in [3.63, 3.8) is 0 Å². The van der Waals surface area contributed by atoms with Gasteiger partial charge in [-0.25, -0.2) is 0 Å². The molecule has 0 aromatic carbocycles. The molecule has 0 amide bonds. The quantitative estimate of drug-likeness (QED) is 0.715. The first-order valence-electron chi connectivity index (χ1n) is 4.59. The fraction of sp³-hybridized carbons (Fsp3) is 0.700. The van der Waals surface area contributed by atoms with Crippen molar-refractivity contribution in [1.82, 2.24) is 9.78 Å². The Bertz CT molecular complexity index is 289. The average molecular weight is 182 g/mol. The van der Waals surface area contributed by atoms with Crippen molar-refractivity contribution in [2.24, 2.45) is 7.05 Å². The summed E-state index contributed by atoms with van der Waals surface area (Å²) < 4.78 is 7.03. The standard InChI is InChI=1S/C10H18N2O/c1-7(2)10-8(3)12(4)11-9(10)6-13-5/h7H,6H2,1-5H3. The van der Waals surface area contributed by atoms with Crippen molar-refractivity contribution in [2.75, 3.05) is 7.11 Å². The van der Waals surface area contributed by atoms with Crippen LogP contribution in [0.5, 0.6) is 0 Å². The zero-order valence-electron chi connectivity index (χ0n) is 9.09. The highest BCUT2D eigenvalue weighted by Crippen LogP contribution is 2.22. The molecule has 1 rings (SSSR count). The van der Waals surface area contributed by atoms with Crippen LogP contribution in [0, 0.1) is 6.92 Å². The molecule has 0 radical (unpaired) electrons. The molecule has 0 aliphatic heterocycles. The predicted molar refractivity (Wildman–Crippen MR) is 52.7 cm³/mol. The summed E-state index contributed by atoms with van der Waals surface area (Å²) in [5.74, 6) is 0.513. The summed E-state index contributed by atoms with van der Waals surface area (Å²) in [6.07, 6.45) is 0. The molecule has 0 spiro atoms. The number of hydrogen-bond donors (Lipinski definition) is 0. The lowest BCUT2D eigenvalue weighted by atomic mass is 10.0. The normalized spacial score (nSPS) is 11.2. The number of nitrogens with zero attached hydrogens (tertiary/aromatic N) is 2. The van der Waals surface area contributed by atoms with Gasteiger partial charge in [-0.1, -0.05) is 13.8 Å². The maximum Gasteiger partial charge on any atom is 0.0918 e. The van der Waals surface area contributed by atoms with Gasteiger partial charge in [-0.3, -0.25) is 4.68 Å². The molecular formula is C10H18N2O. The molecule has 0 saturated heterocycles. The van der Waals surface area contributed by atoms with E-state index in [-0.39, 0.29) is 0 Å². The Balaban J connectivity index is 3.11. The molecule has 3 heteroatoms. The van der Waals surface area contributed by atoms with E-state index in [4.69, 9.17) is 4.74 Å². The number of hydrogen-bond acceptors (Lipinski definition) is 2. The zero-order chi connectivity index (χ0) is 10.0. The second kappa shape index (κ2) is 3.92. The average Bonchev–Trinajstić information content (AvgIpc) is 2.28. The lowest BCUT2D eigenvalue weighted by Crippen LogP contribution is -1.96. The molecule has 0 fully saturated rings. The Morgan fingerprint density at radius 1 is 1.46 bits per heavy atom. The van der Waals surface area contributed by atoms with E-state index in [1.807, 2.05) is 11.7 Å². The minimum absolute atomic E-state index is 0.513. The summed E-state index contributed by atoms with van der Waals surface area (Å²) in [6.45, 7) is 7.07. The van der Waals surface area contributed by atoms with Crippen LogP contribution in [0.1, 0.15) is 36.7 Å². The van der Waals surface area contributed by atoms with Crippen LogP contribution in [0.15, 0.2) is 0 Å². The topological polar surface area (TPSA) is 27.1 Å². The first-order chi connectivity index (χ1) is 6.07. The Kier molecular flexibility index (Phi) is 3.09. The lowest BCUT2D eigenvalue weighted by Gasteiger charge is -2.06. The van der Waals surface area contributed by atoms with E-state index in [1.165, 1.54) is 11.3 Å². The van der Waals surface area contributed by atoms with E-state index in [1.54, 1.807) is 7.11 Å². The van der Waals surface area contributed by atoms with Gasteiger partial charge in [0.05, 0.1) is 12.3 Å². The predicted octanol–water partition coefficient (Wildman–Crippen LogP) is 2.00. The SMILES string of the molecule is COCc1nn(C)c(C)c1C(C)C. The van der Waals surface area contributed by atoms with Crippen LogP contribution in [0.2, 0.25) is 0 Å². The Morgan fingerprint density at radius 2 is 2.08 bits per heavy atom. The molecule has 1 heterocycles. The fourth-order valence-electron chi connectivity index (χ4n) is 1.69. The highest BCUT2D eigenvalue weighted by Gasteiger charge is 2.14. The molecule has 3 nitrogen and oxygen atoms in total. The highest BCUT2D eigenvalue weighted by molar-refractivity contribution is 5.28. The monoisotopic (exact) mass is 182 g/mol. The van der Waals surface area contributed by atoms with Gasteiger partial charge in [-0.2, -0.15) is 5.10 Å². The molecule has 13 heavy (non-hydrogen) atoms. The third-order valence-electron chi connectivity index (χ3n) is 2.32. The van der Waals surface area contributed by atoms with Crippen LogP contribution < -0.4 is 0 Å². The Labute approximate surface area is 79.7 Å². The van der Waals surface area contributed by atoms with Crippen LogP contribution in [-0.2, 0) is 18.4 Å². The van der Waals surface area contributed by atoms with Crippen LogP contribution in [0.4, 0.5) is 0 Å². The molecule has 0 atom stereocenters. The first kappa shape index (κ1) is 10.3. The molecule has 0 saturated carbocycles. The van der Waals surface area contributed by atoms with E-state index in [9.17, 15) is 0 Å². The number of rotatable bonds is 3. The summed E-state index contributed by atoms with van der Waals surface area (Å²) >= 11 is 0. The summed E-state index contributed by atoms with van der Waals surface area (Å²) in [6, 6.07) is 0. The van der Waals surface area contributed by atoms with Gasteiger partial charge >= 0.3 is 0 Å². The van der Waals surface area contributed by atoms with Crippen LogP contribution >= 0.6 is 0 Å². The molecule has 0 aliphatic rings. The number of ether oxygens (including phenoxy) is 1. The molecule has 0 bridgehead atoms. The van der Waals surface area contributed by atoms with E-state index < -0.39 is 0 Å². The van der Waals surface area contributed by atoms with Crippen molar-refractivity contribution in [3.05, 3.63) is 17.0 Å². The van der Waals surface area contributed by atoms with Crippen molar-refractivity contribution in [1.29, 1.82) is 0 Å². The Morgan fingerprint density at radius 3 is 2.54 bits per heavy atom. The van der Waals surface area contributed by atoms with Gasteiger partial charge in [0.25, 0.3) is 0 Å². The highest BCUT2D eigenvalue weighted by atomic mass is 16.5. The van der Waals surface area contributed by atoms with E-state index in [0.717, 1.165) is 5.69 Å². The van der Waals surface area contributed by atoms with Gasteiger partial charge in [-0.15, -0.1) is 0 Å². The van der Waals surface area contributed by atoms with Crippen molar-refractivity contribution >= 4 is 0 Å². The largest absolute Gasteiger partial charge is 0.378 e. The first-order valence-corrected chi connectivity index (χ1v) is 4.59. The molecule has 74 valence electrons. The third kappa shape index (κ3) is 1.91. The summed E-state index contributed by atoms with van der Waals surface area (Å²) in [5.41, 5.74) is 3.63. The van der Waals surface area contributed by atoms with Gasteiger partial charge in [0.2, 0.25) is 0 Å². The lowest BCUT2D eigenvalue weighted by molar-refractivity contribution is 0.180. The van der Waals surface area contributed by atoms with Gasteiger partial charge in [0, 0.05) is 25.4 Å². The van der Waals surface area contributed by atoms with Gasteiger partial charge in [-0.05, 0) is 12.8 Å². The zero-order valence-corrected chi connectivity index (χ0v) is 9.09. The second-order valence-electron chi connectivity index (χ2n) is 3.66. The van der Waals surface area contributed by atoms with Gasteiger partial charge < -0.3 is 4.74 Å². The molecule has 0 N–H and O–H groups in total. The van der Waals surface area contributed by atoms with Crippen molar-refractivity contribution in [3.8, 4) is 0 Å². The molecule has 0 unspecified atom stereocenters. The maximum absolute atomic E-state index is 5.11. The minimum atomic E-state index is 0.513. The van der Waals surface area contributed by atoms with E-state index in [2.05, 4.69) is 25.9 Å². The molecule has 0 aliphatic carbocycles.